The van der Waals surface area contributed by atoms with Crippen LogP contribution in [-0.2, 0) is 32.8 Å². The zero-order valence-corrected chi connectivity index (χ0v) is 13.5. The van der Waals surface area contributed by atoms with Gasteiger partial charge in [0.2, 0.25) is 0 Å². The summed E-state index contributed by atoms with van der Waals surface area (Å²) in [6.07, 6.45) is 5.64. The number of benzene rings is 2. The summed E-state index contributed by atoms with van der Waals surface area (Å²) in [6, 6.07) is 17.7. The zero-order valence-electron chi connectivity index (χ0n) is 11.9. The Morgan fingerprint density at radius 2 is 1.33 bits per heavy atom. The van der Waals surface area contributed by atoms with Gasteiger partial charge < -0.3 is 4.55 Å². The third-order valence-electron chi connectivity index (χ3n) is 3.49. The summed E-state index contributed by atoms with van der Waals surface area (Å²) < 4.78 is 20.6. The van der Waals surface area contributed by atoms with Crippen molar-refractivity contribution < 1.29 is 8.76 Å². The molecule has 0 fully saturated rings. The summed E-state index contributed by atoms with van der Waals surface area (Å²) in [5.41, 5.74) is 2.59. The van der Waals surface area contributed by atoms with Crippen LogP contribution in [0.3, 0.4) is 0 Å². The number of rotatable bonds is 7. The van der Waals surface area contributed by atoms with Crippen LogP contribution < -0.4 is 0 Å². The van der Waals surface area contributed by atoms with Gasteiger partial charge in [0.15, 0.2) is 8.77 Å². The molecule has 112 valence electrons. The van der Waals surface area contributed by atoms with Crippen molar-refractivity contribution in [2.45, 2.75) is 37.0 Å². The minimum absolute atomic E-state index is 0.324. The van der Waals surface area contributed by atoms with E-state index in [0.717, 1.165) is 19.3 Å². The van der Waals surface area contributed by atoms with Crippen LogP contribution in [0.4, 0.5) is 0 Å². The lowest BCUT2D eigenvalue weighted by atomic mass is 10.0. The first-order valence-electron chi connectivity index (χ1n) is 7.16. The summed E-state index contributed by atoms with van der Waals surface area (Å²) >= 11 is 4.55. The van der Waals surface area contributed by atoms with Crippen LogP contribution in [0.1, 0.15) is 30.4 Å². The minimum atomic E-state index is -3.25. The van der Waals surface area contributed by atoms with E-state index in [9.17, 15) is 8.76 Å². The van der Waals surface area contributed by atoms with Crippen molar-refractivity contribution in [1.29, 1.82) is 0 Å². The van der Waals surface area contributed by atoms with E-state index < -0.39 is 8.77 Å². The van der Waals surface area contributed by atoms with Gasteiger partial charge in [-0.05, 0) is 48.9 Å². The largest absolute Gasteiger partial charge is 0.302 e. The van der Waals surface area contributed by atoms with E-state index in [1.54, 1.807) is 12.1 Å². The van der Waals surface area contributed by atoms with Crippen LogP contribution >= 0.6 is 0 Å². The molecule has 2 aromatic carbocycles. The highest BCUT2D eigenvalue weighted by Crippen LogP contribution is 2.13. The van der Waals surface area contributed by atoms with Gasteiger partial charge in [-0.15, -0.1) is 0 Å². The third kappa shape index (κ3) is 5.58. The van der Waals surface area contributed by atoms with Crippen molar-refractivity contribution in [3.8, 4) is 0 Å². The maximum absolute atomic E-state index is 11.3. The van der Waals surface area contributed by atoms with Gasteiger partial charge in [0.25, 0.3) is 0 Å². The van der Waals surface area contributed by atoms with Crippen LogP contribution in [0.5, 0.6) is 0 Å². The van der Waals surface area contributed by atoms with Crippen molar-refractivity contribution in [2.24, 2.45) is 0 Å². The average molecular weight is 320 g/mol. The van der Waals surface area contributed by atoms with E-state index in [1.165, 1.54) is 24.0 Å². The van der Waals surface area contributed by atoms with Gasteiger partial charge in [-0.25, -0.2) is 4.21 Å². The standard InChI is InChI=1S/C17H20O2S2/c18-21(19,20)17-13-11-16(12-14-17)10-6-2-5-9-15-7-3-1-4-8-15/h1,3-4,7-8,11-14H,2,5-6,9-10H2,(H,18,19,20). The van der Waals surface area contributed by atoms with Gasteiger partial charge in [0.05, 0.1) is 4.90 Å². The second-order valence-electron chi connectivity index (χ2n) is 5.17. The normalized spacial score (nSPS) is 13.8. The molecule has 0 saturated carbocycles. The van der Waals surface area contributed by atoms with Gasteiger partial charge in [0, 0.05) is 11.2 Å². The molecule has 1 N–H and O–H groups in total. The second-order valence-corrected chi connectivity index (χ2v) is 7.94. The second kappa shape index (κ2) is 7.69. The van der Waals surface area contributed by atoms with Crippen molar-refractivity contribution in [2.75, 3.05) is 0 Å². The number of aryl methyl sites for hydroxylation is 2. The number of unbranched alkanes of at least 4 members (excludes halogenated alkanes) is 2. The highest BCUT2D eigenvalue weighted by atomic mass is 32.8. The molecule has 2 nitrogen and oxygen atoms in total. The van der Waals surface area contributed by atoms with Crippen LogP contribution in [0, 0.1) is 0 Å². The molecule has 2 rings (SSSR count). The monoisotopic (exact) mass is 320 g/mol. The molecule has 21 heavy (non-hydrogen) atoms. The molecular weight excluding hydrogens is 300 g/mol. The molecule has 0 bridgehead atoms. The Morgan fingerprint density at radius 3 is 1.86 bits per heavy atom. The fourth-order valence-electron chi connectivity index (χ4n) is 2.31. The van der Waals surface area contributed by atoms with E-state index >= 15 is 0 Å². The topological polar surface area (TPSA) is 37.3 Å². The van der Waals surface area contributed by atoms with Gasteiger partial charge in [0.1, 0.15) is 0 Å². The lowest BCUT2D eigenvalue weighted by Gasteiger charge is -2.04. The van der Waals surface area contributed by atoms with Crippen LogP contribution in [0.25, 0.3) is 0 Å². The summed E-state index contributed by atoms with van der Waals surface area (Å²) in [6.45, 7) is 0. The Kier molecular flexibility index (Phi) is 5.91. The van der Waals surface area contributed by atoms with Crippen molar-refractivity contribution in [1.82, 2.24) is 0 Å². The highest BCUT2D eigenvalue weighted by molar-refractivity contribution is 8.29. The van der Waals surface area contributed by atoms with Crippen molar-refractivity contribution in [3.05, 3.63) is 65.7 Å². The molecule has 0 aliphatic heterocycles. The molecule has 0 amide bonds. The first kappa shape index (κ1) is 16.1. The fraction of sp³-hybridized carbons (Fsp3) is 0.294. The van der Waals surface area contributed by atoms with Crippen molar-refractivity contribution in [3.63, 3.8) is 0 Å². The molecule has 1 unspecified atom stereocenters. The Hall–Kier alpha value is -1.23. The van der Waals surface area contributed by atoms with E-state index in [4.69, 9.17) is 0 Å². The maximum Gasteiger partial charge on any atom is 0.171 e. The Morgan fingerprint density at radius 1 is 0.810 bits per heavy atom. The summed E-state index contributed by atoms with van der Waals surface area (Å²) in [5, 5.41) is 0. The molecule has 4 heteroatoms. The van der Waals surface area contributed by atoms with Crippen LogP contribution in [0.2, 0.25) is 0 Å². The Bertz CT molecular complexity index is 647. The van der Waals surface area contributed by atoms with Crippen molar-refractivity contribution >= 4 is 20.0 Å². The van der Waals surface area contributed by atoms with E-state index in [1.807, 2.05) is 18.2 Å². The predicted molar refractivity (Wildman–Crippen MR) is 90.5 cm³/mol. The van der Waals surface area contributed by atoms with Crippen LogP contribution in [0.15, 0.2) is 59.5 Å². The van der Waals surface area contributed by atoms with Gasteiger partial charge >= 0.3 is 0 Å². The van der Waals surface area contributed by atoms with E-state index in [0.29, 0.717) is 4.90 Å². The Balaban J connectivity index is 1.71. The SMILES string of the molecule is O=S(O)(=S)c1ccc(CCCCCc2ccccc2)cc1. The quantitative estimate of drug-likeness (QED) is 0.776. The summed E-state index contributed by atoms with van der Waals surface area (Å²) in [4.78, 5) is 0.324. The number of hydrogen-bond acceptors (Lipinski definition) is 2. The molecule has 0 aliphatic rings. The first-order chi connectivity index (χ1) is 10.1. The minimum Gasteiger partial charge on any atom is -0.302 e. The molecule has 0 aromatic heterocycles. The lowest BCUT2D eigenvalue weighted by molar-refractivity contribution is 0.561. The lowest BCUT2D eigenvalue weighted by Crippen LogP contribution is -1.96. The molecule has 0 radical (unpaired) electrons. The van der Waals surface area contributed by atoms with Crippen LogP contribution in [-0.4, -0.2) is 8.76 Å². The molecule has 0 heterocycles. The maximum atomic E-state index is 11.3. The molecular formula is C17H20O2S2. The molecule has 0 spiro atoms. The zero-order chi connectivity index (χ0) is 15.1. The first-order valence-corrected chi connectivity index (χ1v) is 9.60. The molecule has 0 aliphatic carbocycles. The van der Waals surface area contributed by atoms with Gasteiger partial charge in [-0.3, -0.25) is 0 Å². The van der Waals surface area contributed by atoms with E-state index in [-0.39, 0.29) is 0 Å². The van der Waals surface area contributed by atoms with E-state index in [2.05, 4.69) is 35.5 Å². The summed E-state index contributed by atoms with van der Waals surface area (Å²) in [7, 11) is -3.25. The molecule has 0 saturated heterocycles. The fourth-order valence-corrected chi connectivity index (χ4v) is 3.12. The molecule has 1 atom stereocenters. The third-order valence-corrected chi connectivity index (χ3v) is 4.94. The van der Waals surface area contributed by atoms with Gasteiger partial charge in [-0.2, -0.15) is 0 Å². The Labute approximate surface area is 131 Å². The average Bonchev–Trinajstić information content (AvgIpc) is 2.47. The smallest absolute Gasteiger partial charge is 0.171 e. The van der Waals surface area contributed by atoms with Gasteiger partial charge in [-0.1, -0.05) is 48.9 Å². The molecule has 2 aromatic rings. The summed E-state index contributed by atoms with van der Waals surface area (Å²) in [5.74, 6) is 0. The highest BCUT2D eigenvalue weighted by Gasteiger charge is 2.04. The number of hydrogen-bond donors (Lipinski definition) is 1. The predicted octanol–water partition coefficient (Wildman–Crippen LogP) is 4.22.